The summed E-state index contributed by atoms with van der Waals surface area (Å²) in [5, 5.41) is 4.29. The van der Waals surface area contributed by atoms with Crippen molar-refractivity contribution in [2.24, 2.45) is 0 Å². The number of aryl methyl sites for hydroxylation is 1. The number of hydrogen-bond donors (Lipinski definition) is 0. The molecular formula is C22H20FN3O. The van der Waals surface area contributed by atoms with Gasteiger partial charge >= 0.3 is 0 Å². The summed E-state index contributed by atoms with van der Waals surface area (Å²) in [6, 6.07) is 14.4. The lowest BCUT2D eigenvalue weighted by Gasteiger charge is -2.39. The van der Waals surface area contributed by atoms with Crippen LogP contribution in [0.2, 0.25) is 0 Å². The molecule has 2 heterocycles. The Labute approximate surface area is 157 Å². The average Bonchev–Trinajstić information content (AvgIpc) is 3.23. The Morgan fingerprint density at radius 2 is 1.89 bits per heavy atom. The third-order valence-corrected chi connectivity index (χ3v) is 6.02. The fourth-order valence-corrected chi connectivity index (χ4v) is 4.46. The molecule has 1 spiro atoms. The maximum atomic E-state index is 14.5. The number of hydrogen-bond acceptors (Lipinski definition) is 2. The number of halogens is 1. The minimum atomic E-state index is -0.192. The summed E-state index contributed by atoms with van der Waals surface area (Å²) < 4.78 is 16.4. The number of fused-ring (bicyclic) bond motifs is 2. The van der Waals surface area contributed by atoms with Gasteiger partial charge in [-0.3, -0.25) is 4.79 Å². The predicted molar refractivity (Wildman–Crippen MR) is 102 cm³/mol. The zero-order chi connectivity index (χ0) is 18.6. The van der Waals surface area contributed by atoms with Crippen LogP contribution in [0.1, 0.15) is 40.9 Å². The van der Waals surface area contributed by atoms with Gasteiger partial charge in [-0.25, -0.2) is 9.07 Å². The van der Waals surface area contributed by atoms with Gasteiger partial charge in [0.05, 0.1) is 11.4 Å². The molecule has 0 N–H and O–H groups in total. The summed E-state index contributed by atoms with van der Waals surface area (Å²) in [6.45, 7) is 2.56. The minimum Gasteiger partial charge on any atom is -0.307 e. The largest absolute Gasteiger partial charge is 0.307 e. The molecule has 0 radical (unpaired) electrons. The van der Waals surface area contributed by atoms with E-state index in [0.717, 1.165) is 41.9 Å². The van der Waals surface area contributed by atoms with Crippen LogP contribution >= 0.6 is 0 Å². The van der Waals surface area contributed by atoms with Crippen LogP contribution in [0.5, 0.6) is 0 Å². The highest BCUT2D eigenvalue weighted by Crippen LogP contribution is 2.53. The Bertz CT molecular complexity index is 1030. The summed E-state index contributed by atoms with van der Waals surface area (Å²) in [4.78, 5) is 15.0. The molecule has 1 aliphatic carbocycles. The van der Waals surface area contributed by atoms with Gasteiger partial charge in [-0.05, 0) is 62.2 Å². The Hall–Kier alpha value is -2.95. The van der Waals surface area contributed by atoms with Crippen LogP contribution in [-0.2, 0) is 5.41 Å². The highest BCUT2D eigenvalue weighted by Gasteiger charge is 2.50. The topological polar surface area (TPSA) is 38.1 Å². The van der Waals surface area contributed by atoms with E-state index in [2.05, 4.69) is 5.10 Å². The van der Waals surface area contributed by atoms with Crippen LogP contribution in [0.4, 0.5) is 10.1 Å². The zero-order valence-electron chi connectivity index (χ0n) is 15.2. The lowest BCUT2D eigenvalue weighted by Crippen LogP contribution is -2.41. The minimum absolute atomic E-state index is 0.0747. The van der Waals surface area contributed by atoms with E-state index in [9.17, 15) is 9.18 Å². The van der Waals surface area contributed by atoms with Crippen LogP contribution in [0.25, 0.3) is 5.69 Å². The van der Waals surface area contributed by atoms with Crippen LogP contribution in [0.3, 0.4) is 0 Å². The molecule has 5 heteroatoms. The average molecular weight is 361 g/mol. The van der Waals surface area contributed by atoms with Crippen LogP contribution < -0.4 is 4.90 Å². The molecule has 0 unspecified atom stereocenters. The highest BCUT2D eigenvalue weighted by molar-refractivity contribution is 6.08. The second-order valence-corrected chi connectivity index (χ2v) is 7.59. The number of benzene rings is 2. The molecule has 136 valence electrons. The summed E-state index contributed by atoms with van der Waals surface area (Å²) in [5.41, 5.74) is 3.82. The van der Waals surface area contributed by atoms with Gasteiger partial charge in [0.1, 0.15) is 5.82 Å². The van der Waals surface area contributed by atoms with E-state index < -0.39 is 0 Å². The standard InChI is InChI=1S/C22H20FN3O/c1-15-10-13-24-26(15)17-8-6-16(7-9-17)21(27)25-14-22(11-3-12-22)20-18(23)4-2-5-19(20)25/h2,4-10,13H,3,11-12,14H2,1H3. The first kappa shape index (κ1) is 16.2. The van der Waals surface area contributed by atoms with Gasteiger partial charge in [0.15, 0.2) is 0 Å². The molecule has 1 aliphatic heterocycles. The summed E-state index contributed by atoms with van der Waals surface area (Å²) in [7, 11) is 0. The van der Waals surface area contributed by atoms with Crippen molar-refractivity contribution in [3.05, 3.63) is 77.4 Å². The molecule has 2 aliphatic rings. The van der Waals surface area contributed by atoms with Crippen molar-refractivity contribution in [3.8, 4) is 5.69 Å². The fraction of sp³-hybridized carbons (Fsp3) is 0.273. The van der Waals surface area contributed by atoms with Gasteiger partial charge in [0.25, 0.3) is 5.91 Å². The molecule has 0 saturated heterocycles. The number of anilines is 1. The van der Waals surface area contributed by atoms with Crippen molar-refractivity contribution in [1.29, 1.82) is 0 Å². The van der Waals surface area contributed by atoms with Gasteiger partial charge in [-0.1, -0.05) is 12.5 Å². The van der Waals surface area contributed by atoms with Gasteiger partial charge in [0.2, 0.25) is 0 Å². The first-order chi connectivity index (χ1) is 13.1. The van der Waals surface area contributed by atoms with Crippen molar-refractivity contribution in [2.45, 2.75) is 31.6 Å². The molecule has 0 bridgehead atoms. The lowest BCUT2D eigenvalue weighted by atomic mass is 9.65. The van der Waals surface area contributed by atoms with Crippen molar-refractivity contribution < 1.29 is 9.18 Å². The van der Waals surface area contributed by atoms with E-state index in [1.54, 1.807) is 17.2 Å². The third-order valence-electron chi connectivity index (χ3n) is 6.02. The van der Waals surface area contributed by atoms with Crippen LogP contribution in [-0.4, -0.2) is 22.2 Å². The highest BCUT2D eigenvalue weighted by atomic mass is 19.1. The predicted octanol–water partition coefficient (Wildman–Crippen LogP) is 4.40. The quantitative estimate of drug-likeness (QED) is 0.678. The molecule has 2 aromatic carbocycles. The maximum absolute atomic E-state index is 14.5. The first-order valence-corrected chi connectivity index (χ1v) is 9.31. The fourth-order valence-electron chi connectivity index (χ4n) is 4.46. The Balaban J connectivity index is 1.49. The number of amides is 1. The van der Waals surface area contributed by atoms with Gasteiger partial charge in [-0.2, -0.15) is 5.10 Å². The molecule has 1 amide bonds. The second-order valence-electron chi connectivity index (χ2n) is 7.59. The van der Waals surface area contributed by atoms with Crippen molar-refractivity contribution in [1.82, 2.24) is 9.78 Å². The zero-order valence-corrected chi connectivity index (χ0v) is 15.2. The molecule has 5 rings (SSSR count). The van der Waals surface area contributed by atoms with E-state index in [0.29, 0.717) is 12.1 Å². The monoisotopic (exact) mass is 361 g/mol. The molecule has 1 aromatic heterocycles. The third kappa shape index (κ3) is 2.34. The normalized spacial score (nSPS) is 17.0. The summed E-state index contributed by atoms with van der Waals surface area (Å²) in [6.07, 6.45) is 4.74. The van der Waals surface area contributed by atoms with Gasteiger partial charge < -0.3 is 4.90 Å². The second kappa shape index (κ2) is 5.78. The Morgan fingerprint density at radius 3 is 2.52 bits per heavy atom. The number of carbonyl (C=O) groups is 1. The molecule has 3 aromatic rings. The molecular weight excluding hydrogens is 341 g/mol. The molecule has 0 atom stereocenters. The Morgan fingerprint density at radius 1 is 1.11 bits per heavy atom. The van der Waals surface area contributed by atoms with E-state index in [4.69, 9.17) is 0 Å². The number of rotatable bonds is 2. The van der Waals surface area contributed by atoms with Crippen molar-refractivity contribution in [2.75, 3.05) is 11.4 Å². The van der Waals surface area contributed by atoms with E-state index in [1.807, 2.05) is 48.0 Å². The first-order valence-electron chi connectivity index (χ1n) is 9.31. The SMILES string of the molecule is Cc1ccnn1-c1ccc(C(=O)N2CC3(CCC3)c3c(F)cccc32)cc1. The van der Waals surface area contributed by atoms with E-state index in [-0.39, 0.29) is 17.1 Å². The summed E-state index contributed by atoms with van der Waals surface area (Å²) >= 11 is 0. The number of aromatic nitrogens is 2. The van der Waals surface area contributed by atoms with Gasteiger partial charge in [-0.15, -0.1) is 0 Å². The molecule has 4 nitrogen and oxygen atoms in total. The molecule has 27 heavy (non-hydrogen) atoms. The maximum Gasteiger partial charge on any atom is 0.258 e. The molecule has 1 fully saturated rings. The molecule has 1 saturated carbocycles. The lowest BCUT2D eigenvalue weighted by molar-refractivity contribution is 0.0979. The van der Waals surface area contributed by atoms with Crippen LogP contribution in [0, 0.1) is 12.7 Å². The van der Waals surface area contributed by atoms with Gasteiger partial charge in [0, 0.05) is 35.0 Å². The van der Waals surface area contributed by atoms with E-state index in [1.165, 1.54) is 6.07 Å². The van der Waals surface area contributed by atoms with E-state index >= 15 is 0 Å². The summed E-state index contributed by atoms with van der Waals surface area (Å²) in [5.74, 6) is -0.263. The van der Waals surface area contributed by atoms with Crippen molar-refractivity contribution in [3.63, 3.8) is 0 Å². The Kier molecular flexibility index (Phi) is 3.47. The number of carbonyl (C=O) groups excluding carboxylic acids is 1. The number of nitrogens with zero attached hydrogens (tertiary/aromatic N) is 3. The smallest absolute Gasteiger partial charge is 0.258 e. The van der Waals surface area contributed by atoms with Crippen molar-refractivity contribution >= 4 is 11.6 Å². The van der Waals surface area contributed by atoms with Crippen LogP contribution in [0.15, 0.2) is 54.7 Å².